The number of phenols is 1. The Labute approximate surface area is 177 Å². The minimum Gasteiger partial charge on any atom is -0.502 e. The van der Waals surface area contributed by atoms with Crippen LogP contribution in [0.2, 0.25) is 0 Å². The van der Waals surface area contributed by atoms with Crippen LogP contribution >= 0.6 is 7.60 Å². The number of rotatable bonds is 10. The van der Waals surface area contributed by atoms with Crippen molar-refractivity contribution in [2.45, 2.75) is 27.7 Å². The summed E-state index contributed by atoms with van der Waals surface area (Å²) in [4.78, 5) is 4.43. The van der Waals surface area contributed by atoms with E-state index >= 15 is 0 Å². The lowest BCUT2D eigenvalue weighted by molar-refractivity contribution is 0.230. The van der Waals surface area contributed by atoms with Crippen LogP contribution in [0.3, 0.4) is 0 Å². The summed E-state index contributed by atoms with van der Waals surface area (Å²) < 4.78 is 35.3. The molecule has 1 heterocycles. The van der Waals surface area contributed by atoms with E-state index in [1.54, 1.807) is 32.2 Å². The number of phenolic OH excluding ortho intramolecular Hbond substituents is 1. The SMILES string of the molecule is CCOP(=O)(OCC)/C(=C\Nc1ccc(C)nc1C)c1cc(OC)c(O)c(OC)c1. The molecular formula is C21H29N2O6P. The molecule has 9 heteroatoms. The zero-order valence-corrected chi connectivity index (χ0v) is 19.1. The Morgan fingerprint density at radius 3 is 2.13 bits per heavy atom. The van der Waals surface area contributed by atoms with Crippen LogP contribution in [-0.2, 0) is 13.6 Å². The van der Waals surface area contributed by atoms with Gasteiger partial charge in [-0.05, 0) is 57.5 Å². The van der Waals surface area contributed by atoms with E-state index < -0.39 is 7.60 Å². The minimum absolute atomic E-state index is 0.155. The summed E-state index contributed by atoms with van der Waals surface area (Å²) in [6.45, 7) is 7.63. The maximum absolute atomic E-state index is 13.6. The molecule has 0 saturated carbocycles. The van der Waals surface area contributed by atoms with Crippen molar-refractivity contribution in [3.8, 4) is 17.2 Å². The van der Waals surface area contributed by atoms with Crippen LogP contribution in [-0.4, -0.2) is 37.5 Å². The standard InChI is InChI=1S/C21H29N2O6P/c1-7-28-30(25,29-8-2)20(13-22-17-10-9-14(3)23-15(17)4)16-11-18(26-5)21(24)19(12-16)27-6/h9-13,22,24H,7-8H2,1-6H3/b20-13-. The number of nitrogens with zero attached hydrogens (tertiary/aromatic N) is 1. The normalized spacial score (nSPS) is 12.0. The molecule has 0 fully saturated rings. The molecule has 0 aliphatic rings. The summed E-state index contributed by atoms with van der Waals surface area (Å²) in [5.41, 5.74) is 2.88. The van der Waals surface area contributed by atoms with Gasteiger partial charge in [0, 0.05) is 11.9 Å². The number of ether oxygens (including phenoxy) is 2. The Morgan fingerprint density at radius 2 is 1.67 bits per heavy atom. The van der Waals surface area contributed by atoms with Crippen LogP contribution in [0.1, 0.15) is 30.8 Å². The first-order valence-electron chi connectivity index (χ1n) is 9.55. The molecule has 2 aromatic rings. The van der Waals surface area contributed by atoms with E-state index in [1.165, 1.54) is 14.2 Å². The fraction of sp³-hybridized carbons (Fsp3) is 0.381. The number of nitrogens with one attached hydrogen (secondary N) is 1. The second kappa shape index (κ2) is 10.5. The first kappa shape index (κ1) is 23.7. The molecule has 0 unspecified atom stereocenters. The Morgan fingerprint density at radius 1 is 1.10 bits per heavy atom. The zero-order valence-electron chi connectivity index (χ0n) is 18.2. The monoisotopic (exact) mass is 436 g/mol. The van der Waals surface area contributed by atoms with Crippen molar-refractivity contribution >= 4 is 18.6 Å². The highest BCUT2D eigenvalue weighted by Gasteiger charge is 2.32. The number of methoxy groups -OCH3 is 2. The molecule has 2 N–H and O–H groups in total. The van der Waals surface area contributed by atoms with E-state index in [4.69, 9.17) is 18.5 Å². The summed E-state index contributed by atoms with van der Waals surface area (Å²) in [5, 5.41) is 13.7. The summed E-state index contributed by atoms with van der Waals surface area (Å²) in [5.74, 6) is 0.184. The predicted octanol–water partition coefficient (Wildman–Crippen LogP) is 5.10. The van der Waals surface area contributed by atoms with Gasteiger partial charge in [-0.3, -0.25) is 9.55 Å². The van der Waals surface area contributed by atoms with Gasteiger partial charge in [-0.25, -0.2) is 0 Å². The quantitative estimate of drug-likeness (QED) is 0.497. The number of pyridine rings is 1. The lowest BCUT2D eigenvalue weighted by Gasteiger charge is -2.22. The molecule has 0 aliphatic carbocycles. The Balaban J connectivity index is 2.66. The van der Waals surface area contributed by atoms with Crippen LogP contribution in [0.5, 0.6) is 17.2 Å². The average molecular weight is 436 g/mol. The van der Waals surface area contributed by atoms with Crippen LogP contribution in [0.15, 0.2) is 30.5 Å². The first-order valence-corrected chi connectivity index (χ1v) is 11.1. The van der Waals surface area contributed by atoms with Gasteiger partial charge in [0.25, 0.3) is 0 Å². The fourth-order valence-corrected chi connectivity index (χ4v) is 4.56. The summed E-state index contributed by atoms with van der Waals surface area (Å²) in [7, 11) is -0.858. The number of aromatic hydroxyl groups is 1. The van der Waals surface area contributed by atoms with Gasteiger partial charge in [0.2, 0.25) is 5.75 Å². The number of benzene rings is 1. The third-order valence-electron chi connectivity index (χ3n) is 4.26. The molecule has 0 bridgehead atoms. The maximum Gasteiger partial charge on any atom is 0.363 e. The van der Waals surface area contributed by atoms with Gasteiger partial charge < -0.3 is 28.9 Å². The van der Waals surface area contributed by atoms with E-state index in [0.717, 1.165) is 17.1 Å². The van der Waals surface area contributed by atoms with Gasteiger partial charge in [-0.15, -0.1) is 0 Å². The van der Waals surface area contributed by atoms with E-state index in [2.05, 4.69) is 10.3 Å². The second-order valence-corrected chi connectivity index (χ2v) is 8.32. The van der Waals surface area contributed by atoms with Crippen LogP contribution in [0, 0.1) is 13.8 Å². The zero-order chi connectivity index (χ0) is 22.3. The molecule has 2 rings (SSSR count). The molecule has 0 radical (unpaired) electrons. The topological polar surface area (TPSA) is 99.1 Å². The highest BCUT2D eigenvalue weighted by molar-refractivity contribution is 7.65. The van der Waals surface area contributed by atoms with Gasteiger partial charge in [0.15, 0.2) is 11.5 Å². The highest BCUT2D eigenvalue weighted by atomic mass is 31.2. The third kappa shape index (κ3) is 5.33. The van der Waals surface area contributed by atoms with Gasteiger partial charge in [0.1, 0.15) is 0 Å². The van der Waals surface area contributed by atoms with E-state index in [1.807, 2.05) is 26.0 Å². The Hall–Kier alpha value is -2.54. The molecule has 0 amide bonds. The van der Waals surface area contributed by atoms with Crippen LogP contribution in [0.4, 0.5) is 5.69 Å². The fourth-order valence-electron chi connectivity index (χ4n) is 2.86. The van der Waals surface area contributed by atoms with Gasteiger partial charge in [-0.1, -0.05) is 0 Å². The number of aryl methyl sites for hydroxylation is 2. The molecule has 8 nitrogen and oxygen atoms in total. The number of anilines is 1. The summed E-state index contributed by atoms with van der Waals surface area (Å²) >= 11 is 0. The lowest BCUT2D eigenvalue weighted by atomic mass is 10.1. The van der Waals surface area contributed by atoms with Crippen molar-refractivity contribution in [3.05, 3.63) is 47.4 Å². The number of aromatic nitrogens is 1. The molecule has 0 spiro atoms. The molecule has 0 saturated heterocycles. The predicted molar refractivity (Wildman–Crippen MR) is 117 cm³/mol. The minimum atomic E-state index is -3.70. The largest absolute Gasteiger partial charge is 0.502 e. The average Bonchev–Trinajstić information content (AvgIpc) is 2.70. The van der Waals surface area contributed by atoms with Crippen molar-refractivity contribution in [2.24, 2.45) is 0 Å². The molecule has 0 aliphatic heterocycles. The van der Waals surface area contributed by atoms with Gasteiger partial charge in [-0.2, -0.15) is 0 Å². The van der Waals surface area contributed by atoms with Crippen LogP contribution in [0.25, 0.3) is 5.31 Å². The molecular weight excluding hydrogens is 407 g/mol. The van der Waals surface area contributed by atoms with E-state index in [0.29, 0.717) is 5.56 Å². The molecule has 1 aromatic carbocycles. The van der Waals surface area contributed by atoms with E-state index in [9.17, 15) is 9.67 Å². The second-order valence-electron chi connectivity index (χ2n) is 6.32. The van der Waals surface area contributed by atoms with E-state index in [-0.39, 0.29) is 35.8 Å². The van der Waals surface area contributed by atoms with Crippen molar-refractivity contribution < 1.29 is 28.2 Å². The molecule has 1 aromatic heterocycles. The van der Waals surface area contributed by atoms with Crippen molar-refractivity contribution in [1.29, 1.82) is 0 Å². The Bertz CT molecular complexity index is 926. The maximum atomic E-state index is 13.6. The van der Waals surface area contributed by atoms with Crippen LogP contribution < -0.4 is 14.8 Å². The lowest BCUT2D eigenvalue weighted by Crippen LogP contribution is -2.03. The first-order chi connectivity index (χ1) is 14.3. The van der Waals surface area contributed by atoms with Crippen molar-refractivity contribution in [3.63, 3.8) is 0 Å². The van der Waals surface area contributed by atoms with Gasteiger partial charge >= 0.3 is 7.60 Å². The number of hydrogen-bond donors (Lipinski definition) is 2. The summed E-state index contributed by atoms with van der Waals surface area (Å²) in [6, 6.07) is 6.86. The molecule has 30 heavy (non-hydrogen) atoms. The number of hydrogen-bond acceptors (Lipinski definition) is 8. The summed E-state index contributed by atoms with van der Waals surface area (Å²) in [6.07, 6.45) is 1.57. The Kier molecular flexibility index (Phi) is 8.29. The molecule has 0 atom stereocenters. The third-order valence-corrected chi connectivity index (χ3v) is 6.43. The van der Waals surface area contributed by atoms with Gasteiger partial charge in [0.05, 0.1) is 44.1 Å². The van der Waals surface area contributed by atoms with Crippen molar-refractivity contribution in [2.75, 3.05) is 32.8 Å². The highest BCUT2D eigenvalue weighted by Crippen LogP contribution is 2.61. The smallest absolute Gasteiger partial charge is 0.363 e. The van der Waals surface area contributed by atoms with Crippen molar-refractivity contribution in [1.82, 2.24) is 4.98 Å². The molecule has 164 valence electrons.